The van der Waals surface area contributed by atoms with E-state index >= 15 is 0 Å². The highest BCUT2D eigenvalue weighted by atomic mass is 19.1. The summed E-state index contributed by atoms with van der Waals surface area (Å²) >= 11 is 0. The summed E-state index contributed by atoms with van der Waals surface area (Å²) in [5.41, 5.74) is 1.94. The lowest BCUT2D eigenvalue weighted by Crippen LogP contribution is -2.16. The van der Waals surface area contributed by atoms with E-state index in [0.717, 1.165) is 30.0 Å². The maximum Gasteiger partial charge on any atom is 0.123 e. The molecule has 88 valence electrons. The van der Waals surface area contributed by atoms with E-state index in [9.17, 15) is 4.39 Å². The number of imidazole rings is 1. The van der Waals surface area contributed by atoms with E-state index in [-0.39, 0.29) is 5.82 Å². The van der Waals surface area contributed by atoms with Crippen LogP contribution in [0, 0.1) is 11.7 Å². The molecule has 0 spiro atoms. The van der Waals surface area contributed by atoms with Gasteiger partial charge in [0.05, 0.1) is 5.69 Å². The van der Waals surface area contributed by atoms with Crippen LogP contribution in [0.3, 0.4) is 0 Å². The van der Waals surface area contributed by atoms with Crippen molar-refractivity contribution in [1.29, 1.82) is 0 Å². The Kier molecular flexibility index (Phi) is 2.46. The summed E-state index contributed by atoms with van der Waals surface area (Å²) in [5, 5.41) is 0. The van der Waals surface area contributed by atoms with Gasteiger partial charge in [0.2, 0.25) is 0 Å². The summed E-state index contributed by atoms with van der Waals surface area (Å²) in [6, 6.07) is 6.53. The van der Waals surface area contributed by atoms with Crippen molar-refractivity contribution in [2.45, 2.75) is 26.3 Å². The Hall–Kier alpha value is -1.64. The maximum atomic E-state index is 12.9. The molecule has 2 heterocycles. The minimum absolute atomic E-state index is 0.202. The number of nitrogens with zero attached hydrogens (tertiary/aromatic N) is 2. The Balaban J connectivity index is 1.97. The highest BCUT2D eigenvalue weighted by Gasteiger charge is 2.17. The van der Waals surface area contributed by atoms with Crippen LogP contribution < -0.4 is 0 Å². The Morgan fingerprint density at radius 1 is 1.29 bits per heavy atom. The van der Waals surface area contributed by atoms with Gasteiger partial charge < -0.3 is 4.57 Å². The number of hydrogen-bond acceptors (Lipinski definition) is 1. The summed E-state index contributed by atoms with van der Waals surface area (Å²) in [4.78, 5) is 4.64. The fourth-order valence-corrected chi connectivity index (χ4v) is 2.34. The van der Waals surface area contributed by atoms with E-state index in [0.29, 0.717) is 5.92 Å². The van der Waals surface area contributed by atoms with Gasteiger partial charge >= 0.3 is 0 Å². The van der Waals surface area contributed by atoms with Crippen LogP contribution >= 0.6 is 0 Å². The third-order valence-electron chi connectivity index (χ3n) is 3.39. The number of halogens is 1. The zero-order chi connectivity index (χ0) is 11.8. The molecule has 3 heteroatoms. The van der Waals surface area contributed by atoms with Gasteiger partial charge in [-0.25, -0.2) is 9.37 Å². The van der Waals surface area contributed by atoms with Crippen LogP contribution in [-0.2, 0) is 13.0 Å². The van der Waals surface area contributed by atoms with Gasteiger partial charge in [-0.15, -0.1) is 0 Å². The quantitative estimate of drug-likeness (QED) is 0.735. The first-order chi connectivity index (χ1) is 8.22. The number of benzene rings is 1. The van der Waals surface area contributed by atoms with Crippen LogP contribution in [0.15, 0.2) is 30.5 Å². The molecule has 2 aromatic rings. The van der Waals surface area contributed by atoms with E-state index in [4.69, 9.17) is 0 Å². The first-order valence-electron chi connectivity index (χ1n) is 6.04. The third-order valence-corrected chi connectivity index (χ3v) is 3.39. The monoisotopic (exact) mass is 230 g/mol. The van der Waals surface area contributed by atoms with Crippen LogP contribution in [0.4, 0.5) is 4.39 Å². The van der Waals surface area contributed by atoms with Gasteiger partial charge in [0.1, 0.15) is 11.6 Å². The van der Waals surface area contributed by atoms with Gasteiger partial charge in [0.15, 0.2) is 0 Å². The molecule has 0 unspecified atom stereocenters. The largest absolute Gasteiger partial charge is 0.334 e. The van der Waals surface area contributed by atoms with E-state index in [2.05, 4.69) is 22.7 Å². The van der Waals surface area contributed by atoms with Crippen LogP contribution in [0.5, 0.6) is 0 Å². The van der Waals surface area contributed by atoms with Crippen molar-refractivity contribution in [1.82, 2.24) is 9.55 Å². The van der Waals surface area contributed by atoms with Gasteiger partial charge in [-0.1, -0.05) is 6.92 Å². The molecule has 0 fully saturated rings. The molecule has 0 saturated heterocycles. The van der Waals surface area contributed by atoms with Crippen molar-refractivity contribution in [3.05, 3.63) is 42.1 Å². The smallest absolute Gasteiger partial charge is 0.123 e. The zero-order valence-corrected chi connectivity index (χ0v) is 9.86. The number of aryl methyl sites for hydroxylation is 1. The molecule has 0 aliphatic carbocycles. The average Bonchev–Trinajstić information content (AvgIpc) is 2.72. The van der Waals surface area contributed by atoms with Crippen LogP contribution in [-0.4, -0.2) is 9.55 Å². The van der Waals surface area contributed by atoms with Gasteiger partial charge in [0.25, 0.3) is 0 Å². The second kappa shape index (κ2) is 3.99. The van der Waals surface area contributed by atoms with Crippen LogP contribution in [0.1, 0.15) is 19.2 Å². The van der Waals surface area contributed by atoms with Crippen molar-refractivity contribution in [2.24, 2.45) is 5.92 Å². The molecule has 1 aliphatic heterocycles. The van der Waals surface area contributed by atoms with Crippen molar-refractivity contribution < 1.29 is 4.39 Å². The highest BCUT2D eigenvalue weighted by Crippen LogP contribution is 2.24. The molecular weight excluding hydrogens is 215 g/mol. The topological polar surface area (TPSA) is 17.8 Å². The number of hydrogen-bond donors (Lipinski definition) is 0. The molecule has 2 nitrogen and oxygen atoms in total. The van der Waals surface area contributed by atoms with E-state index in [1.165, 1.54) is 18.6 Å². The lowest BCUT2D eigenvalue weighted by molar-refractivity contribution is 0.409. The third kappa shape index (κ3) is 1.97. The average molecular weight is 230 g/mol. The molecule has 0 N–H and O–H groups in total. The van der Waals surface area contributed by atoms with Crippen LogP contribution in [0.25, 0.3) is 11.3 Å². The molecular formula is C14H15FN2. The molecule has 1 aromatic heterocycles. The second-order valence-corrected chi connectivity index (χ2v) is 4.84. The van der Waals surface area contributed by atoms with Crippen molar-refractivity contribution in [2.75, 3.05) is 0 Å². The molecule has 3 rings (SSSR count). The fraction of sp³-hybridized carbons (Fsp3) is 0.357. The minimum Gasteiger partial charge on any atom is -0.334 e. The molecule has 1 aliphatic rings. The van der Waals surface area contributed by atoms with Crippen molar-refractivity contribution in [3.63, 3.8) is 0 Å². The van der Waals surface area contributed by atoms with Crippen molar-refractivity contribution >= 4 is 0 Å². The summed E-state index contributed by atoms with van der Waals surface area (Å²) in [7, 11) is 0. The SMILES string of the molecule is C[C@@H]1CCn2cc(-c3ccc(F)cc3)nc2C1. The van der Waals surface area contributed by atoms with Crippen molar-refractivity contribution in [3.8, 4) is 11.3 Å². The first kappa shape index (κ1) is 10.5. The number of aromatic nitrogens is 2. The van der Waals surface area contributed by atoms with E-state index in [1.807, 2.05) is 0 Å². The lowest BCUT2D eigenvalue weighted by Gasteiger charge is -2.18. The number of fused-ring (bicyclic) bond motifs is 1. The predicted molar refractivity (Wildman–Crippen MR) is 65.1 cm³/mol. The van der Waals surface area contributed by atoms with Gasteiger partial charge in [-0.3, -0.25) is 0 Å². The molecule has 17 heavy (non-hydrogen) atoms. The molecule has 1 aromatic carbocycles. The van der Waals surface area contributed by atoms with E-state index in [1.54, 1.807) is 12.1 Å². The molecule has 0 saturated carbocycles. The Morgan fingerprint density at radius 3 is 2.82 bits per heavy atom. The zero-order valence-electron chi connectivity index (χ0n) is 9.86. The van der Waals surface area contributed by atoms with Gasteiger partial charge in [0, 0.05) is 24.7 Å². The highest BCUT2D eigenvalue weighted by molar-refractivity contribution is 5.58. The Labute approximate surface area is 100 Å². The normalized spacial score (nSPS) is 19.1. The number of rotatable bonds is 1. The second-order valence-electron chi connectivity index (χ2n) is 4.84. The maximum absolute atomic E-state index is 12.9. The lowest BCUT2D eigenvalue weighted by atomic mass is 10.0. The first-order valence-corrected chi connectivity index (χ1v) is 6.04. The molecule has 0 bridgehead atoms. The molecule has 0 radical (unpaired) electrons. The standard InChI is InChI=1S/C14H15FN2/c1-10-6-7-17-9-13(16-14(17)8-10)11-2-4-12(15)5-3-11/h2-5,9-10H,6-8H2,1H3/t10-/m1/s1. The molecule has 1 atom stereocenters. The predicted octanol–water partition coefficient (Wildman–Crippen LogP) is 3.27. The Bertz CT molecular complexity index is 528. The van der Waals surface area contributed by atoms with E-state index < -0.39 is 0 Å². The molecule has 0 amide bonds. The van der Waals surface area contributed by atoms with Crippen LogP contribution in [0.2, 0.25) is 0 Å². The fourth-order valence-electron chi connectivity index (χ4n) is 2.34. The summed E-state index contributed by atoms with van der Waals surface area (Å²) in [6.45, 7) is 3.31. The minimum atomic E-state index is -0.202. The summed E-state index contributed by atoms with van der Waals surface area (Å²) < 4.78 is 15.1. The van der Waals surface area contributed by atoms with Gasteiger partial charge in [-0.05, 0) is 36.6 Å². The summed E-state index contributed by atoms with van der Waals surface area (Å²) in [5.74, 6) is 1.67. The van der Waals surface area contributed by atoms with Gasteiger partial charge in [-0.2, -0.15) is 0 Å². The Morgan fingerprint density at radius 2 is 2.06 bits per heavy atom. The summed E-state index contributed by atoms with van der Waals surface area (Å²) in [6.07, 6.45) is 4.34.